The Bertz CT molecular complexity index is 246. The van der Waals surface area contributed by atoms with Gasteiger partial charge in [-0.2, -0.15) is 4.37 Å². The van der Waals surface area contributed by atoms with E-state index in [1.54, 1.807) is 0 Å². The largest absolute Gasteiger partial charge is 0.381 e. The number of hydrogen-bond acceptors (Lipinski definition) is 5. The summed E-state index contributed by atoms with van der Waals surface area (Å²) < 4.78 is 9.59. The van der Waals surface area contributed by atoms with E-state index < -0.39 is 0 Å². The Morgan fingerprint density at radius 2 is 2.69 bits per heavy atom. The van der Waals surface area contributed by atoms with Crippen molar-refractivity contribution >= 4 is 11.5 Å². The Balaban J connectivity index is 2.08. The first kappa shape index (κ1) is 9.08. The van der Waals surface area contributed by atoms with E-state index in [4.69, 9.17) is 10.6 Å². The first-order chi connectivity index (χ1) is 6.42. The zero-order chi connectivity index (χ0) is 9.10. The van der Waals surface area contributed by atoms with E-state index in [-0.39, 0.29) is 6.04 Å². The summed E-state index contributed by atoms with van der Waals surface area (Å²) in [5.74, 6) is 5.97. The molecule has 1 fully saturated rings. The van der Waals surface area contributed by atoms with Crippen molar-refractivity contribution in [1.29, 1.82) is 0 Å². The summed E-state index contributed by atoms with van der Waals surface area (Å²) in [6.45, 7) is 1.62. The molecule has 2 rings (SSSR count). The Labute approximate surface area is 81.2 Å². The number of ether oxygens (including phenoxy) is 1. The number of nitrogens with one attached hydrogen (secondary N) is 1. The van der Waals surface area contributed by atoms with Crippen molar-refractivity contribution < 1.29 is 4.74 Å². The minimum atomic E-state index is 0.147. The van der Waals surface area contributed by atoms with E-state index in [1.807, 2.05) is 11.4 Å². The van der Waals surface area contributed by atoms with Crippen LogP contribution in [0.3, 0.4) is 0 Å². The van der Waals surface area contributed by atoms with Crippen LogP contribution in [0.1, 0.15) is 18.2 Å². The van der Waals surface area contributed by atoms with Crippen LogP contribution >= 0.6 is 11.5 Å². The molecule has 0 aromatic carbocycles. The highest BCUT2D eigenvalue weighted by molar-refractivity contribution is 7.03. The zero-order valence-corrected chi connectivity index (χ0v) is 8.09. The van der Waals surface area contributed by atoms with E-state index in [9.17, 15) is 0 Å². The van der Waals surface area contributed by atoms with Gasteiger partial charge in [0, 0.05) is 17.9 Å². The van der Waals surface area contributed by atoms with Crippen LogP contribution in [0.2, 0.25) is 0 Å². The monoisotopic (exact) mass is 199 g/mol. The lowest BCUT2D eigenvalue weighted by atomic mass is 9.97. The standard InChI is InChI=1S/C8H13N3OS/c9-10-8(6-1-3-12-5-6)7-2-4-13-11-7/h2,4,6,8,10H,1,3,5,9H2. The maximum atomic E-state index is 5.50. The maximum Gasteiger partial charge on any atom is 0.0728 e. The highest BCUT2D eigenvalue weighted by atomic mass is 32.1. The van der Waals surface area contributed by atoms with Crippen molar-refractivity contribution in [2.24, 2.45) is 11.8 Å². The molecule has 0 amide bonds. The number of hydrogen-bond donors (Lipinski definition) is 2. The van der Waals surface area contributed by atoms with Gasteiger partial charge in [-0.25, -0.2) is 0 Å². The normalized spacial score (nSPS) is 24.8. The summed E-state index contributed by atoms with van der Waals surface area (Å²) >= 11 is 1.46. The molecule has 1 saturated heterocycles. The third-order valence-corrected chi connectivity index (χ3v) is 2.97. The van der Waals surface area contributed by atoms with Crippen LogP contribution in [0.4, 0.5) is 0 Å². The number of rotatable bonds is 3. The Morgan fingerprint density at radius 1 is 1.77 bits per heavy atom. The fourth-order valence-electron chi connectivity index (χ4n) is 1.66. The Morgan fingerprint density at radius 3 is 3.23 bits per heavy atom. The van der Waals surface area contributed by atoms with E-state index in [2.05, 4.69) is 9.80 Å². The maximum absolute atomic E-state index is 5.50. The molecule has 13 heavy (non-hydrogen) atoms. The molecular weight excluding hydrogens is 186 g/mol. The minimum absolute atomic E-state index is 0.147. The molecular formula is C8H13N3OS. The molecule has 2 unspecified atom stereocenters. The lowest BCUT2D eigenvalue weighted by Gasteiger charge is -2.18. The van der Waals surface area contributed by atoms with E-state index in [0.717, 1.165) is 25.3 Å². The molecule has 3 N–H and O–H groups in total. The van der Waals surface area contributed by atoms with Gasteiger partial charge in [0.2, 0.25) is 0 Å². The average Bonchev–Trinajstić information content (AvgIpc) is 2.76. The van der Waals surface area contributed by atoms with Gasteiger partial charge in [0.25, 0.3) is 0 Å². The average molecular weight is 199 g/mol. The van der Waals surface area contributed by atoms with Crippen LogP contribution in [0.5, 0.6) is 0 Å². The molecule has 0 aliphatic carbocycles. The Kier molecular flexibility index (Phi) is 2.90. The molecule has 2 heterocycles. The lowest BCUT2D eigenvalue weighted by molar-refractivity contribution is 0.176. The highest BCUT2D eigenvalue weighted by Crippen LogP contribution is 2.27. The number of aromatic nitrogens is 1. The molecule has 0 saturated carbocycles. The molecule has 1 aliphatic heterocycles. The molecule has 1 aromatic rings. The molecule has 1 aromatic heterocycles. The first-order valence-corrected chi connectivity index (χ1v) is 5.19. The summed E-state index contributed by atoms with van der Waals surface area (Å²) in [7, 11) is 0. The van der Waals surface area contributed by atoms with E-state index in [1.165, 1.54) is 11.5 Å². The van der Waals surface area contributed by atoms with Crippen molar-refractivity contribution in [3.8, 4) is 0 Å². The van der Waals surface area contributed by atoms with Gasteiger partial charge in [-0.1, -0.05) is 0 Å². The van der Waals surface area contributed by atoms with Gasteiger partial charge in [-0.05, 0) is 24.0 Å². The predicted octanol–water partition coefficient (Wildman–Crippen LogP) is 0.684. The molecule has 0 radical (unpaired) electrons. The van der Waals surface area contributed by atoms with Gasteiger partial charge < -0.3 is 4.74 Å². The van der Waals surface area contributed by atoms with Gasteiger partial charge in [0.05, 0.1) is 18.3 Å². The van der Waals surface area contributed by atoms with Crippen LogP contribution in [0.15, 0.2) is 11.4 Å². The fourth-order valence-corrected chi connectivity index (χ4v) is 2.22. The fraction of sp³-hybridized carbons (Fsp3) is 0.625. The smallest absolute Gasteiger partial charge is 0.0728 e. The van der Waals surface area contributed by atoms with E-state index in [0.29, 0.717) is 5.92 Å². The van der Waals surface area contributed by atoms with Gasteiger partial charge >= 0.3 is 0 Å². The summed E-state index contributed by atoms with van der Waals surface area (Å²) in [5.41, 5.74) is 3.84. The number of nitrogens with two attached hydrogens (primary N) is 1. The second-order valence-corrected chi connectivity index (χ2v) is 3.86. The van der Waals surface area contributed by atoms with Crippen LogP contribution in [0, 0.1) is 5.92 Å². The minimum Gasteiger partial charge on any atom is -0.381 e. The van der Waals surface area contributed by atoms with Crippen molar-refractivity contribution in [2.45, 2.75) is 12.5 Å². The third-order valence-electron chi connectivity index (χ3n) is 2.39. The molecule has 1 aliphatic rings. The van der Waals surface area contributed by atoms with Gasteiger partial charge in [-0.15, -0.1) is 0 Å². The van der Waals surface area contributed by atoms with Crippen molar-refractivity contribution in [2.75, 3.05) is 13.2 Å². The van der Waals surface area contributed by atoms with Crippen molar-refractivity contribution in [3.05, 3.63) is 17.1 Å². The number of hydrazine groups is 1. The van der Waals surface area contributed by atoms with Crippen molar-refractivity contribution in [1.82, 2.24) is 9.80 Å². The molecule has 4 nitrogen and oxygen atoms in total. The first-order valence-electron chi connectivity index (χ1n) is 4.36. The van der Waals surface area contributed by atoms with E-state index >= 15 is 0 Å². The quantitative estimate of drug-likeness (QED) is 0.555. The van der Waals surface area contributed by atoms with Crippen molar-refractivity contribution in [3.63, 3.8) is 0 Å². The zero-order valence-electron chi connectivity index (χ0n) is 7.27. The van der Waals surface area contributed by atoms with Gasteiger partial charge in [0.15, 0.2) is 0 Å². The Hall–Kier alpha value is -0.490. The van der Waals surface area contributed by atoms with Crippen LogP contribution in [0.25, 0.3) is 0 Å². The highest BCUT2D eigenvalue weighted by Gasteiger charge is 2.27. The van der Waals surface area contributed by atoms with Gasteiger partial charge in [-0.3, -0.25) is 11.3 Å². The van der Waals surface area contributed by atoms with Gasteiger partial charge in [0.1, 0.15) is 0 Å². The summed E-state index contributed by atoms with van der Waals surface area (Å²) in [6.07, 6.45) is 1.06. The molecule has 5 heteroatoms. The van der Waals surface area contributed by atoms with Crippen LogP contribution in [-0.2, 0) is 4.74 Å². The number of nitrogens with zero attached hydrogens (tertiary/aromatic N) is 1. The topological polar surface area (TPSA) is 60.2 Å². The third kappa shape index (κ3) is 1.88. The second-order valence-electron chi connectivity index (χ2n) is 3.19. The second kappa shape index (κ2) is 4.15. The van der Waals surface area contributed by atoms with Crippen LogP contribution < -0.4 is 11.3 Å². The summed E-state index contributed by atoms with van der Waals surface area (Å²) in [5, 5.41) is 1.97. The molecule has 72 valence electrons. The lowest BCUT2D eigenvalue weighted by Crippen LogP contribution is -2.34. The molecule has 0 spiro atoms. The predicted molar refractivity (Wildman–Crippen MR) is 51.1 cm³/mol. The van der Waals surface area contributed by atoms with Crippen LogP contribution in [-0.4, -0.2) is 17.6 Å². The molecule has 2 atom stereocenters. The summed E-state index contributed by atoms with van der Waals surface area (Å²) in [6, 6.07) is 2.15. The SMILES string of the molecule is NNC(c1ccsn1)C1CCOC1. The summed E-state index contributed by atoms with van der Waals surface area (Å²) in [4.78, 5) is 0. The molecule has 0 bridgehead atoms.